The van der Waals surface area contributed by atoms with E-state index in [1.165, 1.54) is 18.4 Å². The Morgan fingerprint density at radius 1 is 1.27 bits per heavy atom. The van der Waals surface area contributed by atoms with Crippen molar-refractivity contribution >= 4 is 29.1 Å². The Bertz CT molecular complexity index is 1280. The predicted molar refractivity (Wildman–Crippen MR) is 126 cm³/mol. The molecular weight excluding hydrogens is 436 g/mol. The van der Waals surface area contributed by atoms with Crippen LogP contribution in [0.5, 0.6) is 0 Å². The van der Waals surface area contributed by atoms with Crippen LogP contribution >= 0.6 is 11.3 Å². The maximum atomic E-state index is 12.5. The predicted octanol–water partition coefficient (Wildman–Crippen LogP) is 3.70. The summed E-state index contributed by atoms with van der Waals surface area (Å²) >= 11 is 1.23. The summed E-state index contributed by atoms with van der Waals surface area (Å²) in [4.78, 5) is 37.3. The van der Waals surface area contributed by atoms with Crippen LogP contribution in [0.25, 0.3) is 16.0 Å². The molecule has 1 aliphatic rings. The lowest BCUT2D eigenvalue weighted by atomic mass is 9.96. The molecule has 1 fully saturated rings. The van der Waals surface area contributed by atoms with E-state index in [0.717, 1.165) is 29.7 Å². The fraction of sp³-hybridized carbons (Fsp3) is 0.208. The number of terminal acetylenes is 1. The summed E-state index contributed by atoms with van der Waals surface area (Å²) in [5.74, 6) is 2.35. The maximum Gasteiger partial charge on any atom is 0.321 e. The number of carbonyl (C=O) groups is 2. The molecule has 164 valence electrons. The molecule has 3 amide bonds. The number of aromatic nitrogens is 2. The van der Waals surface area contributed by atoms with Crippen LogP contribution < -0.4 is 16.0 Å². The number of hydrogen-bond donors (Lipinski definition) is 3. The molecular formula is C24H20N6O2S. The zero-order valence-electron chi connectivity index (χ0n) is 17.8. The average Bonchev–Trinajstić information content (AvgIpc) is 3.53. The molecule has 3 N–H and O–H groups in total. The third kappa shape index (κ3) is 4.54. The number of likely N-dealkylation sites (N-methyl/N-ethyl adjacent to an activating group) is 1. The summed E-state index contributed by atoms with van der Waals surface area (Å²) in [5.41, 5.74) is 2.64. The number of hydrogen-bond acceptors (Lipinski definition) is 5. The molecule has 8 nitrogen and oxygen atoms in total. The number of thiazole rings is 1. The number of anilines is 1. The van der Waals surface area contributed by atoms with Gasteiger partial charge in [0.25, 0.3) is 5.54 Å². The Labute approximate surface area is 195 Å². The van der Waals surface area contributed by atoms with Crippen LogP contribution in [0.1, 0.15) is 35.1 Å². The fourth-order valence-corrected chi connectivity index (χ4v) is 4.06. The Morgan fingerprint density at radius 3 is 2.64 bits per heavy atom. The van der Waals surface area contributed by atoms with Crippen LogP contribution in [-0.4, -0.2) is 29.0 Å². The molecule has 0 bridgehead atoms. The van der Waals surface area contributed by atoms with Gasteiger partial charge >= 0.3 is 6.03 Å². The van der Waals surface area contributed by atoms with Crippen LogP contribution in [0, 0.1) is 18.9 Å². The van der Waals surface area contributed by atoms with Crippen molar-refractivity contribution < 1.29 is 9.59 Å². The third-order valence-electron chi connectivity index (χ3n) is 5.39. The van der Waals surface area contributed by atoms with Gasteiger partial charge in [0.05, 0.1) is 0 Å². The van der Waals surface area contributed by atoms with E-state index in [2.05, 4.69) is 36.7 Å². The van der Waals surface area contributed by atoms with Gasteiger partial charge in [-0.3, -0.25) is 15.1 Å². The summed E-state index contributed by atoms with van der Waals surface area (Å²) in [6.07, 6.45) is 8.62. The topological polar surface area (TPSA) is 100 Å². The summed E-state index contributed by atoms with van der Waals surface area (Å²) < 4.78 is 0. The minimum absolute atomic E-state index is 0.314. The molecule has 3 aromatic rings. The Balaban J connectivity index is 1.55. The van der Waals surface area contributed by atoms with Crippen molar-refractivity contribution in [2.24, 2.45) is 0 Å². The Morgan fingerprint density at radius 2 is 2.03 bits per heavy atom. The van der Waals surface area contributed by atoms with Gasteiger partial charge < -0.3 is 15.5 Å². The fourth-order valence-electron chi connectivity index (χ4n) is 3.51. The van der Waals surface area contributed by atoms with E-state index in [0.29, 0.717) is 16.4 Å². The lowest BCUT2D eigenvalue weighted by Crippen LogP contribution is -2.41. The molecule has 0 aliphatic heterocycles. The molecule has 4 rings (SSSR count). The Kier molecular flexibility index (Phi) is 6.07. The van der Waals surface area contributed by atoms with Gasteiger partial charge in [-0.2, -0.15) is 0 Å². The molecule has 2 aromatic heterocycles. The molecule has 0 spiro atoms. The number of pyridine rings is 1. The highest BCUT2D eigenvalue weighted by Gasteiger charge is 2.55. The van der Waals surface area contributed by atoms with Crippen molar-refractivity contribution in [3.05, 3.63) is 75.7 Å². The highest BCUT2D eigenvalue weighted by atomic mass is 32.1. The number of urea groups is 1. The lowest BCUT2D eigenvalue weighted by Gasteiger charge is -2.18. The van der Waals surface area contributed by atoms with Gasteiger partial charge in [-0.15, -0.1) is 17.8 Å². The van der Waals surface area contributed by atoms with Crippen LogP contribution in [0.2, 0.25) is 0 Å². The monoisotopic (exact) mass is 456 g/mol. The molecule has 33 heavy (non-hydrogen) atoms. The van der Waals surface area contributed by atoms with Gasteiger partial charge in [-0.1, -0.05) is 30.3 Å². The summed E-state index contributed by atoms with van der Waals surface area (Å²) in [6.45, 7) is 7.56. The molecule has 1 atom stereocenters. The highest BCUT2D eigenvalue weighted by molar-refractivity contribution is 7.10. The number of nitrogens with one attached hydrogen (secondary N) is 3. The first-order valence-corrected chi connectivity index (χ1v) is 11.0. The van der Waals surface area contributed by atoms with E-state index >= 15 is 0 Å². The minimum Gasteiger partial charge on any atom is -0.357 e. The summed E-state index contributed by atoms with van der Waals surface area (Å²) in [7, 11) is 1.50. The zero-order valence-corrected chi connectivity index (χ0v) is 18.6. The van der Waals surface area contributed by atoms with E-state index in [9.17, 15) is 9.59 Å². The Hall–Kier alpha value is -4.21. The first-order chi connectivity index (χ1) is 16.0. The molecule has 1 saturated carbocycles. The largest absolute Gasteiger partial charge is 0.357 e. The minimum atomic E-state index is -0.916. The van der Waals surface area contributed by atoms with Gasteiger partial charge in [0, 0.05) is 37.0 Å². The number of amides is 3. The summed E-state index contributed by atoms with van der Waals surface area (Å²) in [5, 5.41) is 9.91. The zero-order chi connectivity index (χ0) is 23.4. The second-order valence-corrected chi connectivity index (χ2v) is 8.35. The van der Waals surface area contributed by atoms with Gasteiger partial charge in [0.2, 0.25) is 5.91 Å². The maximum absolute atomic E-state index is 12.5. The smallest absolute Gasteiger partial charge is 0.321 e. The molecule has 0 unspecified atom stereocenters. The van der Waals surface area contributed by atoms with Gasteiger partial charge in [-0.05, 0) is 23.1 Å². The van der Waals surface area contributed by atoms with E-state index in [4.69, 9.17) is 13.0 Å². The molecule has 1 aromatic carbocycles. The van der Waals surface area contributed by atoms with Gasteiger partial charge in [0.1, 0.15) is 17.6 Å². The van der Waals surface area contributed by atoms with Crippen molar-refractivity contribution in [3.8, 4) is 23.5 Å². The molecule has 2 heterocycles. The third-order valence-corrected chi connectivity index (χ3v) is 6.17. The second-order valence-electron chi connectivity index (χ2n) is 7.49. The highest BCUT2D eigenvalue weighted by Crippen LogP contribution is 2.51. The van der Waals surface area contributed by atoms with E-state index < -0.39 is 17.6 Å². The van der Waals surface area contributed by atoms with Crippen molar-refractivity contribution in [1.29, 1.82) is 0 Å². The second kappa shape index (κ2) is 9.11. The van der Waals surface area contributed by atoms with Gasteiger partial charge in [0.15, 0.2) is 5.01 Å². The molecule has 0 saturated heterocycles. The van der Waals surface area contributed by atoms with Crippen molar-refractivity contribution in [3.63, 3.8) is 0 Å². The standard InChI is InChI=1S/C24H20N6O2S/c1-4-19-28-18(14-33-19)29-23(32)30-20(22(31)25-2)16-9-7-15(8-10-16)17-6-5-13-27-21(17)24(26-3)11-12-24/h1,5-10,13-14,20H,11-12H2,2H3,(H,25,31)(H2,29,30,32)/t20-/m1/s1. The van der Waals surface area contributed by atoms with Crippen LogP contribution in [0.15, 0.2) is 48.0 Å². The van der Waals surface area contributed by atoms with E-state index in [-0.39, 0.29) is 5.91 Å². The van der Waals surface area contributed by atoms with Crippen LogP contribution in [0.4, 0.5) is 10.6 Å². The lowest BCUT2D eigenvalue weighted by molar-refractivity contribution is -0.122. The number of rotatable bonds is 6. The normalized spacial score (nSPS) is 14.3. The quantitative estimate of drug-likeness (QED) is 0.389. The van der Waals surface area contributed by atoms with Crippen molar-refractivity contribution in [1.82, 2.24) is 20.6 Å². The first kappa shape index (κ1) is 22.0. The molecule has 1 aliphatic carbocycles. The average molecular weight is 457 g/mol. The van der Waals surface area contributed by atoms with E-state index in [1.54, 1.807) is 23.7 Å². The SMILES string of the molecule is [C-]#[N+]C1(c2ncccc2-c2ccc([C@@H](NC(=O)Nc3csc(C#C)n3)C(=O)NC)cc2)CC1. The van der Waals surface area contributed by atoms with Crippen LogP contribution in [-0.2, 0) is 10.3 Å². The van der Waals surface area contributed by atoms with Crippen molar-refractivity contribution in [2.45, 2.75) is 24.4 Å². The molecule has 0 radical (unpaired) electrons. The summed E-state index contributed by atoms with van der Waals surface area (Å²) in [6, 6.07) is 9.59. The molecule has 9 heteroatoms. The van der Waals surface area contributed by atoms with Gasteiger partial charge in [-0.25, -0.2) is 16.4 Å². The first-order valence-electron chi connectivity index (χ1n) is 10.2. The van der Waals surface area contributed by atoms with E-state index in [1.807, 2.05) is 24.3 Å². The van der Waals surface area contributed by atoms with Crippen LogP contribution in [0.3, 0.4) is 0 Å². The number of benzene rings is 1. The van der Waals surface area contributed by atoms with Crippen molar-refractivity contribution in [2.75, 3.05) is 12.4 Å². The number of carbonyl (C=O) groups excluding carboxylic acids is 2. The number of nitrogens with zero attached hydrogens (tertiary/aromatic N) is 3.